The number of nitrogens with zero attached hydrogens (tertiary/aromatic N) is 3. The van der Waals surface area contributed by atoms with Gasteiger partial charge in [0.05, 0.1) is 6.61 Å². The maximum atomic E-state index is 11.6. The van der Waals surface area contributed by atoms with Crippen LogP contribution in [0.3, 0.4) is 0 Å². The van der Waals surface area contributed by atoms with Crippen molar-refractivity contribution < 1.29 is 14.9 Å². The van der Waals surface area contributed by atoms with E-state index in [0.717, 1.165) is 4.57 Å². The molecule has 0 saturated carbocycles. The lowest BCUT2D eigenvalue weighted by Gasteiger charge is -2.15. The van der Waals surface area contributed by atoms with Crippen molar-refractivity contribution in [1.82, 2.24) is 9.55 Å². The second kappa shape index (κ2) is 4.80. The van der Waals surface area contributed by atoms with Gasteiger partial charge in [-0.15, -0.1) is 0 Å². The number of nitroso groups, excluding NO2 is 1. The van der Waals surface area contributed by atoms with Gasteiger partial charge in [0.15, 0.2) is 12.3 Å². The third-order valence-corrected chi connectivity index (χ3v) is 2.76. The molecule has 0 unspecified atom stereocenters. The number of hydrogen-bond donors (Lipinski definition) is 3. The topological polar surface area (TPSA) is 140 Å². The fourth-order valence-corrected chi connectivity index (χ4v) is 1.84. The van der Waals surface area contributed by atoms with Crippen LogP contribution in [0.1, 0.15) is 6.23 Å². The molecule has 0 aliphatic carbocycles. The SMILES string of the molecule is Nc1ccn([C@@H]2O[C@H](CO)[C@@H](O)[C@@H]2N=O)c(=O)n1. The lowest BCUT2D eigenvalue weighted by atomic mass is 10.1. The standard InChI is InChI=1S/C9H12N4O5/c10-5-1-2-13(9(16)11-5)8-6(12-17)7(15)4(3-14)18-8/h1-2,4,6-8,14-15H,3H2,(H2,10,11,16)/t4-,6+,7-,8-/m1/s1. The van der Waals surface area contributed by atoms with Gasteiger partial charge in [0.1, 0.15) is 18.0 Å². The van der Waals surface area contributed by atoms with Crippen LogP contribution in [0.5, 0.6) is 0 Å². The van der Waals surface area contributed by atoms with Crippen molar-refractivity contribution in [2.75, 3.05) is 12.3 Å². The number of ether oxygens (including phenoxy) is 1. The number of aromatic nitrogens is 2. The van der Waals surface area contributed by atoms with Crippen LogP contribution >= 0.6 is 0 Å². The molecule has 9 nitrogen and oxygen atoms in total. The van der Waals surface area contributed by atoms with E-state index in [1.54, 1.807) is 0 Å². The zero-order chi connectivity index (χ0) is 13.3. The highest BCUT2D eigenvalue weighted by Gasteiger charge is 2.46. The quantitative estimate of drug-likeness (QED) is 0.542. The second-order valence-electron chi connectivity index (χ2n) is 3.88. The van der Waals surface area contributed by atoms with Gasteiger partial charge in [0, 0.05) is 6.20 Å². The number of aliphatic hydroxyl groups is 2. The highest BCUT2D eigenvalue weighted by molar-refractivity contribution is 5.23. The monoisotopic (exact) mass is 256 g/mol. The fraction of sp³-hybridized carbons (Fsp3) is 0.556. The predicted molar refractivity (Wildman–Crippen MR) is 59.5 cm³/mol. The summed E-state index contributed by atoms with van der Waals surface area (Å²) in [6, 6.07) is 0.163. The Balaban J connectivity index is 2.38. The van der Waals surface area contributed by atoms with Gasteiger partial charge in [-0.05, 0) is 6.07 Å². The van der Waals surface area contributed by atoms with Crippen molar-refractivity contribution >= 4 is 5.82 Å². The maximum absolute atomic E-state index is 11.6. The van der Waals surface area contributed by atoms with Crippen molar-refractivity contribution in [2.24, 2.45) is 5.18 Å². The molecule has 2 rings (SSSR count). The Bertz CT molecular complexity index is 504. The Hall–Kier alpha value is -1.84. The molecule has 1 aromatic rings. The summed E-state index contributed by atoms with van der Waals surface area (Å²) in [5, 5.41) is 21.4. The summed E-state index contributed by atoms with van der Waals surface area (Å²) < 4.78 is 6.22. The lowest BCUT2D eigenvalue weighted by Crippen LogP contribution is -2.34. The first-order chi connectivity index (χ1) is 8.58. The van der Waals surface area contributed by atoms with E-state index in [1.807, 2.05) is 0 Å². The molecule has 0 amide bonds. The minimum absolute atomic E-state index is 0.0316. The van der Waals surface area contributed by atoms with E-state index in [-0.39, 0.29) is 5.82 Å². The summed E-state index contributed by atoms with van der Waals surface area (Å²) in [7, 11) is 0. The molecule has 2 heterocycles. The van der Waals surface area contributed by atoms with Gasteiger partial charge >= 0.3 is 5.69 Å². The van der Waals surface area contributed by atoms with E-state index in [2.05, 4.69) is 10.2 Å². The van der Waals surface area contributed by atoms with Gasteiger partial charge in [-0.2, -0.15) is 9.89 Å². The van der Waals surface area contributed by atoms with Gasteiger partial charge in [0.25, 0.3) is 0 Å². The molecule has 0 aromatic carbocycles. The summed E-state index contributed by atoms with van der Waals surface area (Å²) in [5.74, 6) is 0.0316. The summed E-state index contributed by atoms with van der Waals surface area (Å²) in [4.78, 5) is 25.8. The highest BCUT2D eigenvalue weighted by atomic mass is 16.5. The molecular formula is C9H12N4O5. The summed E-state index contributed by atoms with van der Waals surface area (Å²) in [6.45, 7) is -0.485. The summed E-state index contributed by atoms with van der Waals surface area (Å²) >= 11 is 0. The van der Waals surface area contributed by atoms with E-state index in [1.165, 1.54) is 12.3 Å². The molecule has 98 valence electrons. The number of hydrogen-bond acceptors (Lipinski definition) is 8. The zero-order valence-corrected chi connectivity index (χ0v) is 9.21. The van der Waals surface area contributed by atoms with E-state index in [0.29, 0.717) is 0 Å². The first-order valence-electron chi connectivity index (χ1n) is 5.20. The molecule has 4 atom stereocenters. The smallest absolute Gasteiger partial charge is 0.351 e. The van der Waals surface area contributed by atoms with Crippen LogP contribution in [0, 0.1) is 4.91 Å². The van der Waals surface area contributed by atoms with Crippen molar-refractivity contribution in [3.63, 3.8) is 0 Å². The first-order valence-corrected chi connectivity index (χ1v) is 5.20. The van der Waals surface area contributed by atoms with E-state index >= 15 is 0 Å². The van der Waals surface area contributed by atoms with Crippen LogP contribution in [-0.4, -0.2) is 44.6 Å². The average Bonchev–Trinajstić information content (AvgIpc) is 2.65. The Labute approximate surface area is 101 Å². The molecule has 0 radical (unpaired) electrons. The first kappa shape index (κ1) is 12.6. The van der Waals surface area contributed by atoms with Crippen LogP contribution in [0.15, 0.2) is 22.2 Å². The number of anilines is 1. The molecule has 18 heavy (non-hydrogen) atoms. The fourth-order valence-electron chi connectivity index (χ4n) is 1.84. The van der Waals surface area contributed by atoms with Crippen molar-refractivity contribution in [2.45, 2.75) is 24.5 Å². The average molecular weight is 256 g/mol. The predicted octanol–water partition coefficient (Wildman–Crippen LogP) is -1.79. The number of aliphatic hydroxyl groups excluding tert-OH is 2. The minimum atomic E-state index is -1.28. The Morgan fingerprint density at radius 1 is 1.61 bits per heavy atom. The van der Waals surface area contributed by atoms with Gasteiger partial charge in [-0.1, -0.05) is 5.18 Å². The third-order valence-electron chi connectivity index (χ3n) is 2.76. The molecule has 1 aliphatic heterocycles. The van der Waals surface area contributed by atoms with Crippen molar-refractivity contribution in [1.29, 1.82) is 0 Å². The number of nitrogens with two attached hydrogens (primary N) is 1. The van der Waals surface area contributed by atoms with Gasteiger partial charge < -0.3 is 20.7 Å². The molecule has 4 N–H and O–H groups in total. The molecule has 0 bridgehead atoms. The van der Waals surface area contributed by atoms with Gasteiger partial charge in [0.2, 0.25) is 0 Å². The van der Waals surface area contributed by atoms with Crippen LogP contribution in [0.4, 0.5) is 5.82 Å². The van der Waals surface area contributed by atoms with Gasteiger partial charge in [-0.25, -0.2) is 4.79 Å². The zero-order valence-electron chi connectivity index (χ0n) is 9.21. The molecule has 1 saturated heterocycles. The molecule has 1 aliphatic rings. The largest absolute Gasteiger partial charge is 0.394 e. The van der Waals surface area contributed by atoms with Gasteiger partial charge in [-0.3, -0.25) is 4.57 Å². The third kappa shape index (κ3) is 1.98. The maximum Gasteiger partial charge on any atom is 0.351 e. The van der Waals surface area contributed by atoms with E-state index < -0.39 is 36.8 Å². The molecular weight excluding hydrogens is 244 g/mol. The normalized spacial score (nSPS) is 31.4. The number of rotatable bonds is 3. The Kier molecular flexibility index (Phi) is 3.36. The summed E-state index contributed by atoms with van der Waals surface area (Å²) in [6.07, 6.45) is -2.06. The van der Waals surface area contributed by atoms with Crippen molar-refractivity contribution in [3.8, 4) is 0 Å². The summed E-state index contributed by atoms with van der Waals surface area (Å²) in [5.41, 5.74) is 4.61. The van der Waals surface area contributed by atoms with E-state index in [4.69, 9.17) is 15.6 Å². The van der Waals surface area contributed by atoms with Crippen LogP contribution in [0.2, 0.25) is 0 Å². The lowest BCUT2D eigenvalue weighted by molar-refractivity contribution is -0.0464. The number of nitrogen functional groups attached to an aromatic ring is 1. The minimum Gasteiger partial charge on any atom is -0.394 e. The van der Waals surface area contributed by atoms with Crippen molar-refractivity contribution in [3.05, 3.63) is 27.7 Å². The van der Waals surface area contributed by atoms with Crippen LogP contribution < -0.4 is 11.4 Å². The molecule has 9 heteroatoms. The Morgan fingerprint density at radius 2 is 2.33 bits per heavy atom. The molecule has 1 aromatic heterocycles. The van der Waals surface area contributed by atoms with E-state index in [9.17, 15) is 14.8 Å². The van der Waals surface area contributed by atoms with Crippen LogP contribution in [0.25, 0.3) is 0 Å². The molecule has 0 spiro atoms. The highest BCUT2D eigenvalue weighted by Crippen LogP contribution is 2.30. The molecule has 1 fully saturated rings. The Morgan fingerprint density at radius 3 is 2.89 bits per heavy atom. The van der Waals surface area contributed by atoms with Crippen LogP contribution in [-0.2, 0) is 4.74 Å². The second-order valence-corrected chi connectivity index (χ2v) is 3.88.